The van der Waals surface area contributed by atoms with E-state index in [9.17, 15) is 0 Å². The van der Waals surface area contributed by atoms with Crippen molar-refractivity contribution in [2.24, 2.45) is 0 Å². The van der Waals surface area contributed by atoms with E-state index in [0.29, 0.717) is 16.0 Å². The highest BCUT2D eigenvalue weighted by Crippen LogP contribution is 2.47. The summed E-state index contributed by atoms with van der Waals surface area (Å²) in [6.45, 7) is 0.924. The van der Waals surface area contributed by atoms with Gasteiger partial charge in [-0.05, 0) is 37.3 Å². The van der Waals surface area contributed by atoms with E-state index in [1.165, 1.54) is 12.8 Å². The first kappa shape index (κ1) is 11.2. The Morgan fingerprint density at radius 2 is 2.31 bits per heavy atom. The van der Waals surface area contributed by atoms with Crippen LogP contribution in [0.25, 0.3) is 0 Å². The second-order valence-corrected chi connectivity index (χ2v) is 5.43. The molecule has 1 fully saturated rings. The molecule has 1 aliphatic carbocycles. The predicted octanol–water partition coefficient (Wildman–Crippen LogP) is 2.45. The molecule has 2 rings (SSSR count). The zero-order valence-electron chi connectivity index (χ0n) is 9.29. The van der Waals surface area contributed by atoms with Gasteiger partial charge in [-0.3, -0.25) is 0 Å². The van der Waals surface area contributed by atoms with Gasteiger partial charge in [0.1, 0.15) is 0 Å². The number of nitriles is 1. The van der Waals surface area contributed by atoms with Gasteiger partial charge in [0.15, 0.2) is 0 Å². The van der Waals surface area contributed by atoms with Crippen molar-refractivity contribution in [3.05, 3.63) is 23.8 Å². The molecule has 0 aromatic heterocycles. The Bertz CT molecular complexity index is 432. The molecule has 3 N–H and O–H groups in total. The van der Waals surface area contributed by atoms with Gasteiger partial charge in [-0.25, -0.2) is 0 Å². The molecule has 0 bridgehead atoms. The maximum atomic E-state index is 8.82. The highest BCUT2D eigenvalue weighted by molar-refractivity contribution is 8.00. The van der Waals surface area contributed by atoms with Gasteiger partial charge in [0.05, 0.1) is 23.0 Å². The minimum absolute atomic E-state index is 0.398. The normalized spacial score (nSPS) is 16.5. The first-order valence-corrected chi connectivity index (χ1v) is 6.50. The number of nitrogens with two attached hydrogens (primary N) is 1. The molecule has 1 saturated carbocycles. The molecular formula is C12H15N3S. The highest BCUT2D eigenvalue weighted by Gasteiger charge is 2.41. The summed E-state index contributed by atoms with van der Waals surface area (Å²) in [5.74, 6) is 0. The number of nitrogens with zero attached hydrogens (tertiary/aromatic N) is 1. The van der Waals surface area contributed by atoms with Crippen LogP contribution in [-0.2, 0) is 0 Å². The number of nitrogens with one attached hydrogen (secondary N) is 1. The first-order valence-electron chi connectivity index (χ1n) is 5.28. The molecule has 0 amide bonds. The van der Waals surface area contributed by atoms with E-state index in [0.717, 1.165) is 12.2 Å². The van der Waals surface area contributed by atoms with E-state index < -0.39 is 0 Å². The maximum Gasteiger partial charge on any atom is 0.0992 e. The second kappa shape index (κ2) is 4.26. The Morgan fingerprint density at radius 1 is 1.56 bits per heavy atom. The van der Waals surface area contributed by atoms with Gasteiger partial charge in [-0.15, -0.1) is 0 Å². The Labute approximate surface area is 100 Å². The van der Waals surface area contributed by atoms with Crippen LogP contribution in [0.2, 0.25) is 0 Å². The number of benzene rings is 1. The van der Waals surface area contributed by atoms with Gasteiger partial charge in [0.2, 0.25) is 0 Å². The molecule has 0 heterocycles. The topological polar surface area (TPSA) is 61.8 Å². The lowest BCUT2D eigenvalue weighted by atomic mass is 10.2. The Morgan fingerprint density at radius 3 is 2.88 bits per heavy atom. The second-order valence-electron chi connectivity index (χ2n) is 4.15. The molecule has 0 aliphatic heterocycles. The Kier molecular flexibility index (Phi) is 2.97. The van der Waals surface area contributed by atoms with E-state index in [1.54, 1.807) is 12.1 Å². The van der Waals surface area contributed by atoms with Crippen LogP contribution in [0.1, 0.15) is 18.4 Å². The van der Waals surface area contributed by atoms with Crippen LogP contribution in [0.4, 0.5) is 11.4 Å². The third-order valence-electron chi connectivity index (χ3n) is 3.02. The molecule has 0 atom stereocenters. The summed E-state index contributed by atoms with van der Waals surface area (Å²) < 4.78 is 0.398. The lowest BCUT2D eigenvalue weighted by Gasteiger charge is -2.15. The monoisotopic (exact) mass is 233 g/mol. The van der Waals surface area contributed by atoms with Crippen LogP contribution in [0.5, 0.6) is 0 Å². The average molecular weight is 233 g/mol. The summed E-state index contributed by atoms with van der Waals surface area (Å²) in [5, 5.41) is 12.2. The largest absolute Gasteiger partial charge is 0.397 e. The van der Waals surface area contributed by atoms with Gasteiger partial charge in [0, 0.05) is 11.3 Å². The molecule has 84 valence electrons. The number of hydrogen-bond acceptors (Lipinski definition) is 4. The van der Waals surface area contributed by atoms with Gasteiger partial charge in [-0.1, -0.05) is 0 Å². The van der Waals surface area contributed by atoms with Gasteiger partial charge in [-0.2, -0.15) is 17.0 Å². The summed E-state index contributed by atoms with van der Waals surface area (Å²) >= 11 is 1.90. The minimum Gasteiger partial charge on any atom is -0.397 e. The predicted molar refractivity (Wildman–Crippen MR) is 69.5 cm³/mol. The van der Waals surface area contributed by atoms with Crippen molar-refractivity contribution in [1.82, 2.24) is 0 Å². The molecule has 3 nitrogen and oxygen atoms in total. The van der Waals surface area contributed by atoms with Crippen molar-refractivity contribution in [2.45, 2.75) is 17.6 Å². The molecule has 4 heteroatoms. The lowest BCUT2D eigenvalue weighted by molar-refractivity contribution is 0.950. The van der Waals surface area contributed by atoms with Gasteiger partial charge >= 0.3 is 0 Å². The standard InChI is InChI=1S/C12H15N3S/c1-16-12(4-5-12)8-15-11-6-9(7-13)2-3-10(11)14/h2-3,6,15H,4-5,8,14H2,1H3. The summed E-state index contributed by atoms with van der Waals surface area (Å²) in [4.78, 5) is 0. The SMILES string of the molecule is CSC1(CNc2cc(C#N)ccc2N)CC1. The van der Waals surface area contributed by atoms with Crippen LogP contribution in [0.3, 0.4) is 0 Å². The van der Waals surface area contributed by atoms with Crippen molar-refractivity contribution in [3.8, 4) is 6.07 Å². The first-order chi connectivity index (χ1) is 7.69. The summed E-state index contributed by atoms with van der Waals surface area (Å²) in [7, 11) is 0. The van der Waals surface area contributed by atoms with Crippen molar-refractivity contribution in [2.75, 3.05) is 23.9 Å². The quantitative estimate of drug-likeness (QED) is 0.784. The maximum absolute atomic E-state index is 8.82. The van der Waals surface area contributed by atoms with Gasteiger partial charge < -0.3 is 11.1 Å². The molecule has 0 unspecified atom stereocenters. The van der Waals surface area contributed by atoms with Crippen molar-refractivity contribution in [1.29, 1.82) is 5.26 Å². The molecule has 0 radical (unpaired) electrons. The number of anilines is 2. The Hall–Kier alpha value is -1.34. The molecule has 1 aromatic carbocycles. The number of hydrogen-bond donors (Lipinski definition) is 2. The van der Waals surface area contributed by atoms with Crippen LogP contribution in [0.15, 0.2) is 18.2 Å². The highest BCUT2D eigenvalue weighted by atomic mass is 32.2. The van der Waals surface area contributed by atoms with Gasteiger partial charge in [0.25, 0.3) is 0 Å². The molecule has 0 spiro atoms. The van der Waals surface area contributed by atoms with E-state index in [1.807, 2.05) is 17.8 Å². The molecule has 1 aromatic rings. The third kappa shape index (κ3) is 2.25. The molecule has 16 heavy (non-hydrogen) atoms. The van der Waals surface area contributed by atoms with Crippen LogP contribution in [0, 0.1) is 11.3 Å². The number of rotatable bonds is 4. The van der Waals surface area contributed by atoms with Crippen molar-refractivity contribution < 1.29 is 0 Å². The zero-order chi connectivity index (χ0) is 11.6. The number of thioether (sulfide) groups is 1. The molecule has 0 saturated heterocycles. The van der Waals surface area contributed by atoms with Crippen molar-refractivity contribution >= 4 is 23.1 Å². The molecular weight excluding hydrogens is 218 g/mol. The molecule has 1 aliphatic rings. The van der Waals surface area contributed by atoms with Crippen LogP contribution in [-0.4, -0.2) is 17.5 Å². The van der Waals surface area contributed by atoms with E-state index in [-0.39, 0.29) is 0 Å². The fourth-order valence-electron chi connectivity index (χ4n) is 1.63. The minimum atomic E-state index is 0.398. The summed E-state index contributed by atoms with van der Waals surface area (Å²) in [6, 6.07) is 7.45. The van der Waals surface area contributed by atoms with Crippen LogP contribution >= 0.6 is 11.8 Å². The summed E-state index contributed by atoms with van der Waals surface area (Å²) in [6.07, 6.45) is 4.67. The fourth-order valence-corrected chi connectivity index (χ4v) is 2.35. The zero-order valence-corrected chi connectivity index (χ0v) is 10.1. The fraction of sp³-hybridized carbons (Fsp3) is 0.417. The van der Waals surface area contributed by atoms with Crippen molar-refractivity contribution in [3.63, 3.8) is 0 Å². The smallest absolute Gasteiger partial charge is 0.0992 e. The average Bonchev–Trinajstić information content (AvgIpc) is 3.09. The summed E-state index contributed by atoms with van der Waals surface area (Å²) in [5.41, 5.74) is 8.08. The van der Waals surface area contributed by atoms with E-state index >= 15 is 0 Å². The van der Waals surface area contributed by atoms with E-state index in [2.05, 4.69) is 17.6 Å². The van der Waals surface area contributed by atoms with Crippen LogP contribution < -0.4 is 11.1 Å². The lowest BCUT2D eigenvalue weighted by Crippen LogP contribution is -2.18. The third-order valence-corrected chi connectivity index (χ3v) is 4.44. The number of nitrogen functional groups attached to an aromatic ring is 1. The van der Waals surface area contributed by atoms with E-state index in [4.69, 9.17) is 11.0 Å². The Balaban J connectivity index is 2.06.